The maximum Gasteiger partial charge on any atom is 0.416 e. The molecule has 0 spiro atoms. The molecule has 5 nitrogen and oxygen atoms in total. The standard InChI is InChI=1S/C14H14ClF3N4O/c15-11-5-10(14(16,17)18)2-1-9(11)6-22-7-12(20-21-22)13-8-23-4-3-19-13/h1-2,5,7,13,19H,3-4,6,8H2. The van der Waals surface area contributed by atoms with Crippen LogP contribution in [0.25, 0.3) is 0 Å². The molecule has 0 saturated carbocycles. The minimum Gasteiger partial charge on any atom is -0.378 e. The largest absolute Gasteiger partial charge is 0.416 e. The van der Waals surface area contributed by atoms with Gasteiger partial charge in [-0.3, -0.25) is 0 Å². The second-order valence-corrected chi connectivity index (χ2v) is 5.63. The van der Waals surface area contributed by atoms with Crippen LogP contribution in [0.15, 0.2) is 24.4 Å². The fourth-order valence-electron chi connectivity index (χ4n) is 2.33. The van der Waals surface area contributed by atoms with Crippen molar-refractivity contribution in [3.8, 4) is 0 Å². The van der Waals surface area contributed by atoms with E-state index >= 15 is 0 Å². The van der Waals surface area contributed by atoms with Gasteiger partial charge in [-0.1, -0.05) is 22.9 Å². The molecule has 1 unspecified atom stereocenters. The van der Waals surface area contributed by atoms with Gasteiger partial charge in [-0.05, 0) is 17.7 Å². The molecule has 0 aliphatic carbocycles. The summed E-state index contributed by atoms with van der Waals surface area (Å²) in [6.07, 6.45) is -2.67. The Kier molecular flexibility index (Phi) is 4.56. The van der Waals surface area contributed by atoms with E-state index in [1.165, 1.54) is 6.07 Å². The van der Waals surface area contributed by atoms with Gasteiger partial charge in [0.05, 0.1) is 37.6 Å². The first-order chi connectivity index (χ1) is 10.9. The second kappa shape index (κ2) is 6.46. The molecule has 3 rings (SSSR count). The lowest BCUT2D eigenvalue weighted by atomic mass is 10.1. The molecule has 1 aromatic heterocycles. The summed E-state index contributed by atoms with van der Waals surface area (Å²) in [7, 11) is 0. The number of aromatic nitrogens is 3. The molecule has 9 heteroatoms. The number of morpholine rings is 1. The molecule has 1 N–H and O–H groups in total. The summed E-state index contributed by atoms with van der Waals surface area (Å²) < 4.78 is 44.8. The molecule has 2 heterocycles. The van der Waals surface area contributed by atoms with Gasteiger partial charge in [-0.25, -0.2) is 4.68 Å². The maximum absolute atomic E-state index is 12.6. The van der Waals surface area contributed by atoms with E-state index in [1.807, 2.05) is 0 Å². The van der Waals surface area contributed by atoms with Gasteiger partial charge in [-0.2, -0.15) is 13.2 Å². The first kappa shape index (κ1) is 16.2. The van der Waals surface area contributed by atoms with E-state index in [-0.39, 0.29) is 17.6 Å². The Morgan fingerprint density at radius 2 is 2.22 bits per heavy atom. The van der Waals surface area contributed by atoms with Crippen LogP contribution < -0.4 is 5.32 Å². The first-order valence-corrected chi connectivity index (χ1v) is 7.38. The van der Waals surface area contributed by atoms with Gasteiger partial charge in [0.1, 0.15) is 5.69 Å². The lowest BCUT2D eigenvalue weighted by Gasteiger charge is -2.21. The Morgan fingerprint density at radius 3 is 2.87 bits per heavy atom. The van der Waals surface area contributed by atoms with Crippen molar-refractivity contribution in [1.29, 1.82) is 0 Å². The highest BCUT2D eigenvalue weighted by Crippen LogP contribution is 2.32. The van der Waals surface area contributed by atoms with Crippen molar-refractivity contribution in [1.82, 2.24) is 20.3 Å². The van der Waals surface area contributed by atoms with Crippen molar-refractivity contribution >= 4 is 11.6 Å². The Balaban J connectivity index is 1.73. The zero-order chi connectivity index (χ0) is 16.4. The van der Waals surface area contributed by atoms with Gasteiger partial charge in [0, 0.05) is 11.6 Å². The third-order valence-electron chi connectivity index (χ3n) is 3.55. The van der Waals surface area contributed by atoms with E-state index in [2.05, 4.69) is 15.6 Å². The number of hydrogen-bond donors (Lipinski definition) is 1. The second-order valence-electron chi connectivity index (χ2n) is 5.23. The predicted octanol–water partition coefficient (Wildman–Crippen LogP) is 2.66. The SMILES string of the molecule is FC(F)(F)c1ccc(Cn2cc(C3COCCN3)nn2)c(Cl)c1. The molecule has 2 aromatic rings. The summed E-state index contributed by atoms with van der Waals surface area (Å²) in [4.78, 5) is 0. The van der Waals surface area contributed by atoms with E-state index in [9.17, 15) is 13.2 Å². The molecule has 0 radical (unpaired) electrons. The minimum absolute atomic E-state index is 0.0272. The van der Waals surface area contributed by atoms with E-state index < -0.39 is 11.7 Å². The van der Waals surface area contributed by atoms with E-state index in [0.717, 1.165) is 24.4 Å². The summed E-state index contributed by atoms with van der Waals surface area (Å²) in [5.41, 5.74) is 0.505. The zero-order valence-corrected chi connectivity index (χ0v) is 12.7. The average Bonchev–Trinajstić information content (AvgIpc) is 2.98. The summed E-state index contributed by atoms with van der Waals surface area (Å²) in [5, 5.41) is 11.4. The maximum atomic E-state index is 12.6. The molecule has 0 amide bonds. The Bertz CT molecular complexity index is 683. The molecule has 1 atom stereocenters. The smallest absolute Gasteiger partial charge is 0.378 e. The number of ether oxygens (including phenoxy) is 1. The lowest BCUT2D eigenvalue weighted by Crippen LogP contribution is -2.34. The van der Waals surface area contributed by atoms with Crippen LogP contribution in [-0.2, 0) is 17.5 Å². The fraction of sp³-hybridized carbons (Fsp3) is 0.429. The van der Waals surface area contributed by atoms with Crippen LogP contribution in [-0.4, -0.2) is 34.8 Å². The van der Waals surface area contributed by atoms with E-state index in [0.29, 0.717) is 18.8 Å². The third-order valence-corrected chi connectivity index (χ3v) is 3.90. The number of benzene rings is 1. The normalized spacial score (nSPS) is 19.0. The molecule has 1 aromatic carbocycles. The lowest BCUT2D eigenvalue weighted by molar-refractivity contribution is -0.137. The van der Waals surface area contributed by atoms with Crippen molar-refractivity contribution in [2.75, 3.05) is 19.8 Å². The van der Waals surface area contributed by atoms with Gasteiger partial charge >= 0.3 is 6.18 Å². The van der Waals surface area contributed by atoms with Crippen LogP contribution in [0.1, 0.15) is 22.9 Å². The highest BCUT2D eigenvalue weighted by molar-refractivity contribution is 6.31. The molecular weight excluding hydrogens is 333 g/mol. The third kappa shape index (κ3) is 3.82. The van der Waals surface area contributed by atoms with Crippen molar-refractivity contribution in [2.45, 2.75) is 18.8 Å². The zero-order valence-electron chi connectivity index (χ0n) is 12.0. The van der Waals surface area contributed by atoms with Crippen LogP contribution in [0.3, 0.4) is 0 Å². The van der Waals surface area contributed by atoms with Crippen LogP contribution in [0.2, 0.25) is 5.02 Å². The number of hydrogen-bond acceptors (Lipinski definition) is 4. The Morgan fingerprint density at radius 1 is 1.39 bits per heavy atom. The number of nitrogens with one attached hydrogen (secondary N) is 1. The number of nitrogens with zero attached hydrogens (tertiary/aromatic N) is 3. The number of halogens is 4. The molecule has 0 bridgehead atoms. The number of alkyl halides is 3. The first-order valence-electron chi connectivity index (χ1n) is 7.00. The van der Waals surface area contributed by atoms with Crippen LogP contribution in [0, 0.1) is 0 Å². The Labute approximate surface area is 135 Å². The molecule has 124 valence electrons. The fourth-order valence-corrected chi connectivity index (χ4v) is 2.57. The topological polar surface area (TPSA) is 52.0 Å². The highest BCUT2D eigenvalue weighted by atomic mass is 35.5. The van der Waals surface area contributed by atoms with Crippen LogP contribution in [0.5, 0.6) is 0 Å². The van der Waals surface area contributed by atoms with Crippen molar-refractivity contribution in [2.24, 2.45) is 0 Å². The monoisotopic (exact) mass is 346 g/mol. The summed E-state index contributed by atoms with van der Waals surface area (Å²) in [6, 6.07) is 3.26. The molecule has 1 aliphatic heterocycles. The quantitative estimate of drug-likeness (QED) is 0.928. The van der Waals surface area contributed by atoms with Gasteiger partial charge < -0.3 is 10.1 Å². The summed E-state index contributed by atoms with van der Waals surface area (Å²) in [6.45, 7) is 2.16. The van der Waals surface area contributed by atoms with Gasteiger partial charge in [-0.15, -0.1) is 5.10 Å². The molecule has 1 aliphatic rings. The van der Waals surface area contributed by atoms with Gasteiger partial charge in [0.15, 0.2) is 0 Å². The highest BCUT2D eigenvalue weighted by Gasteiger charge is 2.30. The molecule has 23 heavy (non-hydrogen) atoms. The van der Waals surface area contributed by atoms with E-state index in [4.69, 9.17) is 16.3 Å². The van der Waals surface area contributed by atoms with Gasteiger partial charge in [0.2, 0.25) is 0 Å². The van der Waals surface area contributed by atoms with E-state index in [1.54, 1.807) is 10.9 Å². The molecular formula is C14H14ClF3N4O. The van der Waals surface area contributed by atoms with Crippen LogP contribution in [0.4, 0.5) is 13.2 Å². The average molecular weight is 347 g/mol. The summed E-state index contributed by atoms with van der Waals surface area (Å²) in [5.74, 6) is 0. The number of rotatable bonds is 3. The Hall–Kier alpha value is -1.64. The minimum atomic E-state index is -4.41. The summed E-state index contributed by atoms with van der Waals surface area (Å²) >= 11 is 5.95. The van der Waals surface area contributed by atoms with Crippen molar-refractivity contribution in [3.63, 3.8) is 0 Å². The van der Waals surface area contributed by atoms with Crippen molar-refractivity contribution < 1.29 is 17.9 Å². The van der Waals surface area contributed by atoms with Crippen LogP contribution >= 0.6 is 11.6 Å². The molecule has 1 saturated heterocycles. The predicted molar refractivity (Wildman–Crippen MR) is 77.1 cm³/mol. The van der Waals surface area contributed by atoms with Crippen molar-refractivity contribution in [3.05, 3.63) is 46.2 Å². The molecule has 1 fully saturated rings. The van der Waals surface area contributed by atoms with Gasteiger partial charge in [0.25, 0.3) is 0 Å².